The van der Waals surface area contributed by atoms with Gasteiger partial charge < -0.3 is 75.5 Å². The Morgan fingerprint density at radius 2 is 1.49 bits per heavy atom. The molecule has 27 heteroatoms. The van der Waals surface area contributed by atoms with Crippen LogP contribution in [0.15, 0.2) is 29.3 Å². The standard InChI is InChI=1S/C50H80N14O11S2/c1-4-75-31-17-15-30(16-18-31)24-34-44(70)59-33(12-6-9-21-51)43(69)63-41(29(2)3)47(73)61-35(25-38(52)65)45(71)62-36(28-76-77-50(26-40(67)58-34)19-7-5-8-20-50)48(74)64-23-11-14-37(64)46(72)60-32(13-10-22-56-49(54)55)42(68)57-27-39(53)66/h15-18,29,32-37,41H,4-14,19-28,51H2,1-3H3,(H2,52,65)(H2,53,66)(H,57,68)(H,58,67)(H,59,70)(H,60,72)(H,61,73)(H,62,71)(H,63,69)(H4,54,55,56)/t32-,33?,34?,35-,36?,37-,41-/m0/s1. The minimum Gasteiger partial charge on any atom is -0.494 e. The first-order valence-electron chi connectivity index (χ1n) is 26.4. The summed E-state index contributed by atoms with van der Waals surface area (Å²) in [4.78, 5) is 143. The Balaban J connectivity index is 1.75. The number of rotatable bonds is 21. The van der Waals surface area contributed by atoms with E-state index >= 15 is 0 Å². The van der Waals surface area contributed by atoms with Crippen LogP contribution in [0.25, 0.3) is 0 Å². The summed E-state index contributed by atoms with van der Waals surface area (Å²) in [7, 11) is 2.59. The number of hydrogen-bond acceptors (Lipinski definition) is 15. The molecule has 1 aromatic rings. The van der Waals surface area contributed by atoms with Gasteiger partial charge in [-0.1, -0.05) is 66.8 Å². The number of unbranched alkanes of at least 4 members (excludes halogenated alkanes) is 1. The number of carbonyl (C=O) groups excluding carboxylic acids is 10. The lowest BCUT2D eigenvalue weighted by Crippen LogP contribution is -2.61. The number of nitrogens with zero attached hydrogens (tertiary/aromatic N) is 2. The number of guanidine groups is 1. The predicted molar refractivity (Wildman–Crippen MR) is 292 cm³/mol. The SMILES string of the molecule is CCOc1ccc(CC2NC(=O)CC3(CCCCC3)SSCC(C(=O)N3CCC[C@H]3C(=O)N[C@@H](CCCN=C(N)N)C(=O)NCC(N)=O)NC(=O)[C@H](CC(N)=O)NC(=O)[C@H](C(C)C)NC(=O)C(CCCCN)NC2=O)cc1. The van der Waals surface area contributed by atoms with Gasteiger partial charge >= 0.3 is 0 Å². The highest BCUT2D eigenvalue weighted by Crippen LogP contribution is 2.48. The van der Waals surface area contributed by atoms with Crippen LogP contribution in [0.5, 0.6) is 5.75 Å². The van der Waals surface area contributed by atoms with Gasteiger partial charge in [0, 0.05) is 36.4 Å². The van der Waals surface area contributed by atoms with Crippen LogP contribution in [0, 0.1) is 5.92 Å². The number of carbonyl (C=O) groups is 10. The van der Waals surface area contributed by atoms with Crippen LogP contribution in [0.4, 0.5) is 0 Å². The number of ether oxygens (including phenoxy) is 1. The molecule has 2 heterocycles. The minimum atomic E-state index is -1.65. The summed E-state index contributed by atoms with van der Waals surface area (Å²) >= 11 is 0. The average molecular weight is 1120 g/mol. The highest BCUT2D eigenvalue weighted by Gasteiger charge is 2.42. The number of amides is 10. The van der Waals surface area contributed by atoms with Crippen LogP contribution in [0.2, 0.25) is 0 Å². The summed E-state index contributed by atoms with van der Waals surface area (Å²) in [5.41, 5.74) is 28.3. The maximum absolute atomic E-state index is 14.9. The molecule has 10 amide bonds. The van der Waals surface area contributed by atoms with Crippen molar-refractivity contribution < 1.29 is 52.7 Å². The lowest BCUT2D eigenvalue weighted by atomic mass is 9.85. The van der Waals surface area contributed by atoms with Crippen LogP contribution < -0.4 is 70.6 Å². The van der Waals surface area contributed by atoms with Gasteiger partial charge in [0.05, 0.1) is 19.6 Å². The predicted octanol–water partition coefficient (Wildman–Crippen LogP) is -1.67. The van der Waals surface area contributed by atoms with Crippen LogP contribution >= 0.6 is 21.6 Å². The quantitative estimate of drug-likeness (QED) is 0.0283. The van der Waals surface area contributed by atoms with Crippen molar-refractivity contribution in [2.24, 2.45) is 39.6 Å². The molecule has 77 heavy (non-hydrogen) atoms. The molecule has 2 aliphatic heterocycles. The molecule has 0 bridgehead atoms. The van der Waals surface area contributed by atoms with E-state index in [1.54, 1.807) is 38.1 Å². The third-order valence-electron chi connectivity index (χ3n) is 13.4. The number of nitrogens with one attached hydrogen (secondary N) is 7. The van der Waals surface area contributed by atoms with Crippen molar-refractivity contribution in [3.63, 3.8) is 0 Å². The molecule has 2 saturated heterocycles. The molecule has 1 saturated carbocycles. The summed E-state index contributed by atoms with van der Waals surface area (Å²) in [6.45, 7) is 5.59. The molecule has 1 aromatic carbocycles. The van der Waals surface area contributed by atoms with Gasteiger partial charge in [0.25, 0.3) is 0 Å². The molecule has 25 nitrogen and oxygen atoms in total. The lowest BCUT2D eigenvalue weighted by Gasteiger charge is -2.37. The van der Waals surface area contributed by atoms with Crippen LogP contribution in [0.1, 0.15) is 116 Å². The number of primary amides is 2. The Labute approximate surface area is 457 Å². The molecular formula is C50H80N14O11S2. The maximum Gasteiger partial charge on any atom is 0.246 e. The first-order valence-corrected chi connectivity index (χ1v) is 28.7. The van der Waals surface area contributed by atoms with Gasteiger partial charge in [0.15, 0.2) is 5.96 Å². The number of benzene rings is 1. The van der Waals surface area contributed by atoms with E-state index in [0.29, 0.717) is 56.6 Å². The molecule has 3 fully saturated rings. The second kappa shape index (κ2) is 31.8. The molecule has 3 unspecified atom stereocenters. The number of hydrogen-bond donors (Lipinski definition) is 12. The summed E-state index contributed by atoms with van der Waals surface area (Å²) in [6.07, 6.45) is 4.86. The fourth-order valence-corrected chi connectivity index (χ4v) is 12.7. The monoisotopic (exact) mass is 1120 g/mol. The van der Waals surface area contributed by atoms with Gasteiger partial charge in [-0.05, 0) is 94.9 Å². The first kappa shape index (κ1) is 63.2. The molecule has 3 aliphatic rings. The van der Waals surface area contributed by atoms with Crippen molar-refractivity contribution in [2.75, 3.05) is 38.5 Å². The molecule has 7 atom stereocenters. The number of aliphatic imine (C=N–C) groups is 1. The minimum absolute atomic E-state index is 0.0274. The smallest absolute Gasteiger partial charge is 0.246 e. The van der Waals surface area contributed by atoms with Gasteiger partial charge in [0.2, 0.25) is 59.1 Å². The summed E-state index contributed by atoms with van der Waals surface area (Å²) in [5.74, 6) is -7.80. The second-order valence-corrected chi connectivity index (χ2v) is 22.8. The van der Waals surface area contributed by atoms with E-state index in [4.69, 9.17) is 33.4 Å². The van der Waals surface area contributed by atoms with Crippen molar-refractivity contribution in [3.8, 4) is 5.75 Å². The van der Waals surface area contributed by atoms with Crippen LogP contribution in [-0.4, -0.2) is 156 Å². The molecule has 4 rings (SSSR count). The zero-order valence-corrected chi connectivity index (χ0v) is 46.0. The van der Waals surface area contributed by atoms with E-state index in [1.165, 1.54) is 26.5 Å². The van der Waals surface area contributed by atoms with Gasteiger partial charge in [-0.15, -0.1) is 0 Å². The molecule has 0 radical (unpaired) electrons. The topological polar surface area (TPSA) is 410 Å². The fourth-order valence-electron chi connectivity index (χ4n) is 9.37. The highest BCUT2D eigenvalue weighted by molar-refractivity contribution is 8.77. The third-order valence-corrected chi connectivity index (χ3v) is 16.7. The average Bonchev–Trinajstić information content (AvgIpc) is 3.87. The summed E-state index contributed by atoms with van der Waals surface area (Å²) < 4.78 is 4.91. The Hall–Kier alpha value is -6.35. The Morgan fingerprint density at radius 3 is 2.13 bits per heavy atom. The van der Waals surface area contributed by atoms with Crippen molar-refractivity contribution in [1.29, 1.82) is 0 Å². The van der Waals surface area contributed by atoms with E-state index in [-0.39, 0.29) is 63.3 Å². The largest absolute Gasteiger partial charge is 0.494 e. The van der Waals surface area contributed by atoms with Gasteiger partial charge in [-0.3, -0.25) is 52.9 Å². The highest BCUT2D eigenvalue weighted by atomic mass is 33.1. The fraction of sp³-hybridized carbons (Fsp3) is 0.660. The van der Waals surface area contributed by atoms with Crippen LogP contribution in [0.3, 0.4) is 0 Å². The molecule has 17 N–H and O–H groups in total. The Bertz CT molecular complexity index is 2250. The Kier molecular flexibility index (Phi) is 26.1. The lowest BCUT2D eigenvalue weighted by molar-refractivity contribution is -0.142. The normalized spacial score (nSPS) is 23.2. The zero-order chi connectivity index (χ0) is 56.7. The van der Waals surface area contributed by atoms with E-state index in [9.17, 15) is 47.9 Å². The summed E-state index contributed by atoms with van der Waals surface area (Å²) in [5, 5.41) is 18.9. The number of likely N-dealkylation sites (tertiary alicyclic amines) is 1. The van der Waals surface area contributed by atoms with Gasteiger partial charge in [-0.2, -0.15) is 0 Å². The third kappa shape index (κ3) is 20.8. The number of nitrogens with two attached hydrogens (primary N) is 5. The molecule has 1 aliphatic carbocycles. The molecule has 428 valence electrons. The maximum atomic E-state index is 14.9. The van der Waals surface area contributed by atoms with Crippen LogP contribution in [-0.2, 0) is 54.4 Å². The molecule has 0 aromatic heterocycles. The van der Waals surface area contributed by atoms with Gasteiger partial charge in [-0.25, -0.2) is 0 Å². The van der Waals surface area contributed by atoms with Crippen molar-refractivity contribution in [3.05, 3.63) is 29.8 Å². The van der Waals surface area contributed by atoms with E-state index in [0.717, 1.165) is 19.3 Å². The van der Waals surface area contributed by atoms with Gasteiger partial charge in [0.1, 0.15) is 48.0 Å². The van der Waals surface area contributed by atoms with Crippen molar-refractivity contribution in [1.82, 2.24) is 42.1 Å². The Morgan fingerprint density at radius 1 is 0.818 bits per heavy atom. The molecular weight excluding hydrogens is 1040 g/mol. The first-order chi connectivity index (χ1) is 36.6. The van der Waals surface area contributed by atoms with Crippen molar-refractivity contribution >= 4 is 86.6 Å². The van der Waals surface area contributed by atoms with E-state index in [1.807, 2.05) is 6.92 Å². The van der Waals surface area contributed by atoms with E-state index < -0.39 is 125 Å². The zero-order valence-electron chi connectivity index (χ0n) is 44.4. The van der Waals surface area contributed by atoms with Crippen molar-refractivity contribution in [2.45, 2.75) is 164 Å². The second-order valence-electron chi connectivity index (χ2n) is 19.9. The summed E-state index contributed by atoms with van der Waals surface area (Å²) in [6, 6.07) is -1.94. The van der Waals surface area contributed by atoms with E-state index in [2.05, 4.69) is 42.2 Å². The molecule has 1 spiro atoms.